The van der Waals surface area contributed by atoms with Crippen LogP contribution in [0.2, 0.25) is 0 Å². The molecule has 12 heteroatoms. The molecule has 2 aromatic heterocycles. The Bertz CT molecular complexity index is 1180. The Morgan fingerprint density at radius 3 is 2.45 bits per heavy atom. The summed E-state index contributed by atoms with van der Waals surface area (Å²) in [5.74, 6) is -0.371. The predicted octanol–water partition coefficient (Wildman–Crippen LogP) is 2.93. The van der Waals surface area contributed by atoms with Crippen molar-refractivity contribution in [2.24, 2.45) is 0 Å². The van der Waals surface area contributed by atoms with Gasteiger partial charge in [0, 0.05) is 29.7 Å². The van der Waals surface area contributed by atoms with Gasteiger partial charge in [-0.05, 0) is 49.2 Å². The van der Waals surface area contributed by atoms with E-state index in [2.05, 4.69) is 25.1 Å². The van der Waals surface area contributed by atoms with E-state index in [9.17, 15) is 22.0 Å². The monoisotopic (exact) mass is 448 g/mol. The van der Waals surface area contributed by atoms with E-state index in [0.29, 0.717) is 11.4 Å². The number of sulfonamides is 1. The fourth-order valence-electron chi connectivity index (χ4n) is 2.98. The van der Waals surface area contributed by atoms with Crippen molar-refractivity contribution in [3.63, 3.8) is 0 Å². The van der Waals surface area contributed by atoms with Crippen molar-refractivity contribution in [2.45, 2.75) is 36.6 Å². The van der Waals surface area contributed by atoms with Crippen LogP contribution in [0, 0.1) is 0 Å². The molecular formula is C19H18F2N6O3S. The van der Waals surface area contributed by atoms with Crippen LogP contribution in [0.1, 0.15) is 36.6 Å². The van der Waals surface area contributed by atoms with E-state index in [1.807, 2.05) is 0 Å². The van der Waals surface area contributed by atoms with Crippen molar-refractivity contribution in [3.8, 4) is 0 Å². The number of rotatable bonds is 8. The molecule has 1 aliphatic carbocycles. The number of aromatic nitrogens is 4. The number of carbonyl (C=O) groups excluding carboxylic acids is 1. The predicted molar refractivity (Wildman–Crippen MR) is 107 cm³/mol. The van der Waals surface area contributed by atoms with Crippen molar-refractivity contribution in [3.05, 3.63) is 60.2 Å². The molecule has 162 valence electrons. The smallest absolute Gasteiger partial charge is 0.282 e. The summed E-state index contributed by atoms with van der Waals surface area (Å²) in [5, 5.41) is 6.46. The molecule has 31 heavy (non-hydrogen) atoms. The van der Waals surface area contributed by atoms with Crippen molar-refractivity contribution < 1.29 is 22.0 Å². The summed E-state index contributed by atoms with van der Waals surface area (Å²) >= 11 is 0. The van der Waals surface area contributed by atoms with Gasteiger partial charge in [-0.2, -0.15) is 5.10 Å². The molecule has 1 saturated carbocycles. The van der Waals surface area contributed by atoms with Gasteiger partial charge < -0.3 is 5.32 Å². The van der Waals surface area contributed by atoms with Gasteiger partial charge in [0.05, 0.1) is 4.90 Å². The van der Waals surface area contributed by atoms with Gasteiger partial charge in [-0.1, -0.05) is 0 Å². The molecule has 0 radical (unpaired) electrons. The zero-order valence-corrected chi connectivity index (χ0v) is 16.9. The highest BCUT2D eigenvalue weighted by molar-refractivity contribution is 7.92. The standard InChI is InChI=1S/C19H18F2N6O3S/c20-18(21)15-10-16(12-2-3-12)27(25-15)11-17(28)24-13-4-6-14(7-5-13)31(29,30)26-19-22-8-1-9-23-19/h1,4-10,12,18H,2-3,11H2,(H,24,28)(H,22,23,26). The molecular weight excluding hydrogens is 430 g/mol. The van der Waals surface area contributed by atoms with E-state index in [1.165, 1.54) is 47.4 Å². The molecule has 1 amide bonds. The number of hydrogen-bond acceptors (Lipinski definition) is 6. The number of benzene rings is 1. The van der Waals surface area contributed by atoms with E-state index in [-0.39, 0.29) is 29.0 Å². The Balaban J connectivity index is 1.42. The summed E-state index contributed by atoms with van der Waals surface area (Å²) in [5.41, 5.74) is 0.634. The topological polar surface area (TPSA) is 119 Å². The number of alkyl halides is 2. The maximum Gasteiger partial charge on any atom is 0.282 e. The molecule has 0 bridgehead atoms. The van der Waals surface area contributed by atoms with Crippen LogP contribution in [0.25, 0.3) is 0 Å². The molecule has 9 nitrogen and oxygen atoms in total. The minimum Gasteiger partial charge on any atom is -0.324 e. The van der Waals surface area contributed by atoms with Crippen LogP contribution in [0.3, 0.4) is 0 Å². The van der Waals surface area contributed by atoms with Crippen LogP contribution in [0.4, 0.5) is 20.4 Å². The molecule has 2 N–H and O–H groups in total. The normalized spacial score (nSPS) is 13.9. The number of hydrogen-bond donors (Lipinski definition) is 2. The molecule has 2 heterocycles. The van der Waals surface area contributed by atoms with E-state index in [1.54, 1.807) is 6.07 Å². The molecule has 0 aliphatic heterocycles. The van der Waals surface area contributed by atoms with Crippen LogP contribution in [0.5, 0.6) is 0 Å². The molecule has 4 rings (SSSR count). The van der Waals surface area contributed by atoms with Gasteiger partial charge in [0.2, 0.25) is 11.9 Å². The molecule has 1 aliphatic rings. The van der Waals surface area contributed by atoms with Crippen LogP contribution >= 0.6 is 0 Å². The van der Waals surface area contributed by atoms with Gasteiger partial charge in [0.1, 0.15) is 12.2 Å². The van der Waals surface area contributed by atoms with Gasteiger partial charge in [-0.25, -0.2) is 31.9 Å². The second kappa shape index (κ2) is 8.38. The summed E-state index contributed by atoms with van der Waals surface area (Å²) in [6.07, 6.45) is 1.87. The molecule has 0 spiro atoms. The zero-order chi connectivity index (χ0) is 22.0. The Kier molecular flexibility index (Phi) is 5.63. The summed E-state index contributed by atoms with van der Waals surface area (Å²) in [4.78, 5) is 20.0. The number of anilines is 2. The van der Waals surface area contributed by atoms with E-state index in [4.69, 9.17) is 0 Å². The Hall–Kier alpha value is -3.41. The quantitative estimate of drug-likeness (QED) is 0.547. The number of amides is 1. The largest absolute Gasteiger partial charge is 0.324 e. The molecule has 1 fully saturated rings. The van der Waals surface area contributed by atoms with E-state index < -0.39 is 22.4 Å². The molecule has 3 aromatic rings. The van der Waals surface area contributed by atoms with Crippen molar-refractivity contribution in [1.82, 2.24) is 19.7 Å². The van der Waals surface area contributed by atoms with E-state index >= 15 is 0 Å². The summed E-state index contributed by atoms with van der Waals surface area (Å²) in [7, 11) is -3.89. The lowest BCUT2D eigenvalue weighted by Gasteiger charge is -2.10. The lowest BCUT2D eigenvalue weighted by Crippen LogP contribution is -2.21. The highest BCUT2D eigenvalue weighted by Gasteiger charge is 2.30. The fraction of sp³-hybridized carbons (Fsp3) is 0.263. The highest BCUT2D eigenvalue weighted by Crippen LogP contribution is 2.41. The third kappa shape index (κ3) is 5.02. The first-order valence-electron chi connectivity index (χ1n) is 9.37. The molecule has 0 atom stereocenters. The van der Waals surface area contributed by atoms with Gasteiger partial charge in [0.15, 0.2) is 0 Å². The molecule has 0 unspecified atom stereocenters. The maximum absolute atomic E-state index is 13.0. The first-order valence-corrected chi connectivity index (χ1v) is 10.9. The second-order valence-electron chi connectivity index (χ2n) is 6.98. The van der Waals surface area contributed by atoms with Gasteiger partial charge >= 0.3 is 0 Å². The van der Waals surface area contributed by atoms with Crippen molar-refractivity contribution >= 4 is 27.6 Å². The average molecular weight is 448 g/mol. The first-order chi connectivity index (χ1) is 14.8. The third-order valence-electron chi connectivity index (χ3n) is 4.58. The van der Waals surface area contributed by atoms with Crippen LogP contribution in [-0.4, -0.2) is 34.1 Å². The van der Waals surface area contributed by atoms with Crippen molar-refractivity contribution in [2.75, 3.05) is 10.0 Å². The van der Waals surface area contributed by atoms with Crippen LogP contribution in [0.15, 0.2) is 53.7 Å². The van der Waals surface area contributed by atoms with Gasteiger partial charge in [-0.15, -0.1) is 0 Å². The summed E-state index contributed by atoms with van der Waals surface area (Å²) < 4.78 is 54.3. The van der Waals surface area contributed by atoms with Gasteiger partial charge in [0.25, 0.3) is 16.4 Å². The van der Waals surface area contributed by atoms with E-state index in [0.717, 1.165) is 12.8 Å². The summed E-state index contributed by atoms with van der Waals surface area (Å²) in [6.45, 7) is -0.217. The third-order valence-corrected chi connectivity index (χ3v) is 5.93. The Morgan fingerprint density at radius 1 is 1.16 bits per heavy atom. The lowest BCUT2D eigenvalue weighted by atomic mass is 10.2. The summed E-state index contributed by atoms with van der Waals surface area (Å²) in [6, 6.07) is 8.39. The number of nitrogens with one attached hydrogen (secondary N) is 2. The van der Waals surface area contributed by atoms with Crippen LogP contribution in [-0.2, 0) is 21.4 Å². The zero-order valence-electron chi connectivity index (χ0n) is 16.1. The highest BCUT2D eigenvalue weighted by atomic mass is 32.2. The number of nitrogens with zero attached hydrogens (tertiary/aromatic N) is 4. The Labute approximate surface area is 176 Å². The minimum absolute atomic E-state index is 0.0392. The Morgan fingerprint density at radius 2 is 1.84 bits per heavy atom. The number of carbonyl (C=O) groups is 1. The molecule has 1 aromatic carbocycles. The van der Waals surface area contributed by atoms with Crippen molar-refractivity contribution in [1.29, 1.82) is 0 Å². The van der Waals surface area contributed by atoms with Crippen LogP contribution < -0.4 is 10.0 Å². The number of halogens is 2. The second-order valence-corrected chi connectivity index (χ2v) is 8.66. The minimum atomic E-state index is -3.89. The SMILES string of the molecule is O=C(Cn1nc(C(F)F)cc1C1CC1)Nc1ccc(S(=O)(=O)Nc2ncccn2)cc1. The fourth-order valence-corrected chi connectivity index (χ4v) is 3.94. The average Bonchev–Trinajstić information content (AvgIpc) is 3.49. The first kappa shape index (κ1) is 20.8. The molecule has 0 saturated heterocycles. The lowest BCUT2D eigenvalue weighted by molar-refractivity contribution is -0.117. The maximum atomic E-state index is 13.0. The van der Waals surface area contributed by atoms with Gasteiger partial charge in [-0.3, -0.25) is 9.48 Å².